The molecule has 0 saturated carbocycles. The lowest BCUT2D eigenvalue weighted by molar-refractivity contribution is -0.671. The van der Waals surface area contributed by atoms with Gasteiger partial charge in [-0.3, -0.25) is 4.90 Å². The van der Waals surface area contributed by atoms with Crippen LogP contribution >= 0.6 is 22.9 Å². The third-order valence-corrected chi connectivity index (χ3v) is 4.40. The molecule has 0 amide bonds. The van der Waals surface area contributed by atoms with Crippen LogP contribution in [0, 0.1) is 22.7 Å². The summed E-state index contributed by atoms with van der Waals surface area (Å²) in [5, 5.41) is 21.4. The minimum absolute atomic E-state index is 0. The molecular weight excluding hydrogens is 351 g/mol. The fourth-order valence-corrected chi connectivity index (χ4v) is 3.18. The summed E-state index contributed by atoms with van der Waals surface area (Å²) in [6.07, 6.45) is 2.93. The number of halogens is 2. The normalized spacial score (nSPS) is 9.52. The van der Waals surface area contributed by atoms with Crippen molar-refractivity contribution in [2.45, 2.75) is 19.4 Å². The minimum atomic E-state index is 0. The summed E-state index contributed by atoms with van der Waals surface area (Å²) in [4.78, 5) is 2.10. The Morgan fingerprint density at radius 3 is 2.26 bits per heavy atom. The molecule has 0 spiro atoms. The maximum Gasteiger partial charge on any atom is 0.336 e. The van der Waals surface area contributed by atoms with E-state index in [1.54, 1.807) is 11.3 Å². The van der Waals surface area contributed by atoms with Crippen LogP contribution in [0.5, 0.6) is 0 Å². The summed E-state index contributed by atoms with van der Waals surface area (Å²) in [5.41, 5.74) is 1.16. The third kappa shape index (κ3) is 5.73. The summed E-state index contributed by atoms with van der Waals surface area (Å²) in [6.45, 7) is 2.02. The Morgan fingerprint density at radius 2 is 1.70 bits per heavy atom. The van der Waals surface area contributed by atoms with Crippen molar-refractivity contribution in [2.75, 3.05) is 18.0 Å². The Bertz CT molecular complexity index is 667. The first-order valence-corrected chi connectivity index (χ1v) is 8.20. The highest BCUT2D eigenvalue weighted by Gasteiger charge is 2.20. The molecule has 2 rings (SSSR count). The van der Waals surface area contributed by atoms with E-state index in [0.717, 1.165) is 22.3 Å². The number of rotatable bonds is 7. The maximum atomic E-state index is 8.81. The van der Waals surface area contributed by atoms with Crippen molar-refractivity contribution in [2.24, 2.45) is 0 Å². The standard InChI is InChI=1S/C16H16ClN4S.ClH/c17-15-5-3-14(4-6-15)13-21-11-12-22-16(21)20(9-1-7-18)10-2-8-19;/h3-6,11-12H,1-2,9-10,13H2;1H/q+1;/p-1. The van der Waals surface area contributed by atoms with Gasteiger partial charge in [-0.15, -0.1) is 0 Å². The molecule has 2 aromatic rings. The quantitative estimate of drug-likeness (QED) is 0.665. The van der Waals surface area contributed by atoms with Crippen LogP contribution in [-0.4, -0.2) is 13.1 Å². The van der Waals surface area contributed by atoms with Gasteiger partial charge in [0, 0.05) is 10.4 Å². The molecule has 0 aliphatic heterocycles. The van der Waals surface area contributed by atoms with Gasteiger partial charge in [-0.25, -0.2) is 4.57 Å². The molecule has 120 valence electrons. The molecule has 0 saturated heterocycles. The lowest BCUT2D eigenvalue weighted by atomic mass is 10.2. The van der Waals surface area contributed by atoms with Gasteiger partial charge in [-0.2, -0.15) is 10.5 Å². The molecule has 0 aliphatic carbocycles. The van der Waals surface area contributed by atoms with Crippen molar-refractivity contribution >= 4 is 28.1 Å². The molecule has 0 aliphatic rings. The van der Waals surface area contributed by atoms with Gasteiger partial charge in [0.1, 0.15) is 12.7 Å². The molecule has 1 aromatic carbocycles. The lowest BCUT2D eigenvalue weighted by Gasteiger charge is -2.14. The second-order valence-electron chi connectivity index (χ2n) is 4.74. The van der Waals surface area contributed by atoms with E-state index in [9.17, 15) is 0 Å². The SMILES string of the molecule is N#CCCN(CCC#N)c1scc[n+]1Cc1ccc(Cl)cc1.[Cl-]. The number of hydrogen-bond acceptors (Lipinski definition) is 4. The van der Waals surface area contributed by atoms with Crippen LogP contribution in [0.4, 0.5) is 5.13 Å². The highest BCUT2D eigenvalue weighted by atomic mass is 35.5. The molecule has 1 aromatic heterocycles. The molecule has 23 heavy (non-hydrogen) atoms. The highest BCUT2D eigenvalue weighted by Crippen LogP contribution is 2.18. The number of hydrogen-bond donors (Lipinski definition) is 0. The second-order valence-corrected chi connectivity index (χ2v) is 6.05. The Morgan fingerprint density at radius 1 is 1.09 bits per heavy atom. The fraction of sp³-hybridized carbons (Fsp3) is 0.312. The average Bonchev–Trinajstić information content (AvgIpc) is 2.98. The summed E-state index contributed by atoms with van der Waals surface area (Å²) in [7, 11) is 0. The molecule has 0 N–H and O–H groups in total. The van der Waals surface area contributed by atoms with E-state index < -0.39 is 0 Å². The van der Waals surface area contributed by atoms with E-state index in [2.05, 4.69) is 21.6 Å². The molecule has 0 radical (unpaired) electrons. The molecular formula is C16H16Cl2N4S. The summed E-state index contributed by atoms with van der Waals surface area (Å²) in [5.74, 6) is 0. The first kappa shape index (κ1) is 19.3. The Kier molecular flexibility index (Phi) is 8.43. The van der Waals surface area contributed by atoms with E-state index in [4.69, 9.17) is 22.1 Å². The lowest BCUT2D eigenvalue weighted by Crippen LogP contribution is -3.00. The number of benzene rings is 1. The Balaban J connectivity index is 0.00000264. The van der Waals surface area contributed by atoms with Crippen molar-refractivity contribution < 1.29 is 17.0 Å². The Hall–Kier alpha value is -1.79. The second kappa shape index (κ2) is 10.1. The third-order valence-electron chi connectivity index (χ3n) is 3.18. The van der Waals surface area contributed by atoms with Gasteiger partial charge in [0.15, 0.2) is 0 Å². The van der Waals surface area contributed by atoms with Crippen LogP contribution < -0.4 is 21.9 Å². The predicted molar refractivity (Wildman–Crippen MR) is 87.7 cm³/mol. The topological polar surface area (TPSA) is 54.7 Å². The van der Waals surface area contributed by atoms with Crippen LogP contribution in [0.1, 0.15) is 18.4 Å². The van der Waals surface area contributed by atoms with Crippen molar-refractivity contribution in [3.8, 4) is 12.1 Å². The van der Waals surface area contributed by atoms with Crippen molar-refractivity contribution in [1.29, 1.82) is 10.5 Å². The van der Waals surface area contributed by atoms with E-state index in [-0.39, 0.29) is 12.4 Å². The van der Waals surface area contributed by atoms with E-state index in [0.29, 0.717) is 25.9 Å². The van der Waals surface area contributed by atoms with E-state index in [1.165, 1.54) is 0 Å². The van der Waals surface area contributed by atoms with Crippen LogP contribution in [0.25, 0.3) is 0 Å². The molecule has 0 fully saturated rings. The largest absolute Gasteiger partial charge is 1.00 e. The van der Waals surface area contributed by atoms with Gasteiger partial charge >= 0.3 is 5.13 Å². The van der Waals surface area contributed by atoms with Gasteiger partial charge in [0.05, 0.1) is 38.1 Å². The average molecular weight is 367 g/mol. The number of aromatic nitrogens is 1. The van der Waals surface area contributed by atoms with Crippen molar-refractivity contribution in [3.05, 3.63) is 46.4 Å². The minimum Gasteiger partial charge on any atom is -1.00 e. The predicted octanol–water partition coefficient (Wildman–Crippen LogP) is 0.375. The molecule has 0 bridgehead atoms. The Labute approximate surface area is 151 Å². The van der Waals surface area contributed by atoms with Crippen molar-refractivity contribution in [3.63, 3.8) is 0 Å². The van der Waals surface area contributed by atoms with E-state index >= 15 is 0 Å². The molecule has 4 nitrogen and oxygen atoms in total. The summed E-state index contributed by atoms with van der Waals surface area (Å²) >= 11 is 7.54. The monoisotopic (exact) mass is 366 g/mol. The van der Waals surface area contributed by atoms with Crippen molar-refractivity contribution in [1.82, 2.24) is 0 Å². The number of nitriles is 2. The molecule has 0 unspecified atom stereocenters. The molecule has 1 heterocycles. The first-order chi connectivity index (χ1) is 10.7. The highest BCUT2D eigenvalue weighted by molar-refractivity contribution is 7.13. The zero-order chi connectivity index (χ0) is 15.8. The van der Waals surface area contributed by atoms with E-state index in [1.807, 2.05) is 35.8 Å². The van der Waals surface area contributed by atoms with Gasteiger partial charge in [0.25, 0.3) is 0 Å². The van der Waals surface area contributed by atoms with Gasteiger partial charge < -0.3 is 12.4 Å². The van der Waals surface area contributed by atoms with Crippen LogP contribution in [-0.2, 0) is 6.54 Å². The smallest absolute Gasteiger partial charge is 0.336 e. The number of nitrogens with zero attached hydrogens (tertiary/aromatic N) is 4. The van der Waals surface area contributed by atoms with Gasteiger partial charge in [0.2, 0.25) is 0 Å². The summed E-state index contributed by atoms with van der Waals surface area (Å²) in [6, 6.07) is 12.1. The van der Waals surface area contributed by atoms with Gasteiger partial charge in [-0.1, -0.05) is 35.1 Å². The maximum absolute atomic E-state index is 8.81. The first-order valence-electron chi connectivity index (χ1n) is 6.95. The van der Waals surface area contributed by atoms with Gasteiger partial charge in [-0.05, 0) is 17.7 Å². The van der Waals surface area contributed by atoms with Crippen LogP contribution in [0.3, 0.4) is 0 Å². The zero-order valence-corrected chi connectivity index (χ0v) is 14.8. The van der Waals surface area contributed by atoms with Crippen LogP contribution in [0.15, 0.2) is 35.8 Å². The fourth-order valence-electron chi connectivity index (χ4n) is 2.13. The molecule has 0 atom stereocenters. The summed E-state index contributed by atoms with van der Waals surface area (Å²) < 4.78 is 2.14. The number of anilines is 1. The molecule has 7 heteroatoms. The zero-order valence-electron chi connectivity index (χ0n) is 12.5. The van der Waals surface area contributed by atoms with Crippen LogP contribution in [0.2, 0.25) is 5.02 Å². The number of thiazole rings is 1.